The summed E-state index contributed by atoms with van der Waals surface area (Å²) >= 11 is 0. The highest BCUT2D eigenvalue weighted by atomic mass is 32.2. The summed E-state index contributed by atoms with van der Waals surface area (Å²) in [6.07, 6.45) is 3.20. The van der Waals surface area contributed by atoms with Crippen LogP contribution in [0.2, 0.25) is 0 Å². The van der Waals surface area contributed by atoms with Crippen LogP contribution in [0.3, 0.4) is 0 Å². The number of nitrogens with one attached hydrogen (secondary N) is 2. The molecule has 1 aromatic carbocycles. The van der Waals surface area contributed by atoms with Gasteiger partial charge in [0.2, 0.25) is 10.0 Å². The first-order valence-electron chi connectivity index (χ1n) is 5.39. The van der Waals surface area contributed by atoms with Gasteiger partial charge < -0.3 is 10.7 Å². The van der Waals surface area contributed by atoms with E-state index in [-0.39, 0.29) is 18.0 Å². The molecule has 0 aliphatic rings. The number of nitrogens with zero attached hydrogens (tertiary/aromatic N) is 1. The van der Waals surface area contributed by atoms with Crippen LogP contribution in [-0.4, -0.2) is 18.4 Å². The molecule has 1 aromatic heterocycles. The summed E-state index contributed by atoms with van der Waals surface area (Å²) in [5.41, 5.74) is 6.11. The fraction of sp³-hybridized carbons (Fsp3) is 0.182. The molecule has 1 heterocycles. The third kappa shape index (κ3) is 2.76. The SMILES string of the molecule is NCc1ccccc1S(=O)(=O)NCc1ncc[nH]1. The van der Waals surface area contributed by atoms with E-state index in [9.17, 15) is 8.42 Å². The van der Waals surface area contributed by atoms with Crippen molar-refractivity contribution >= 4 is 10.0 Å². The minimum atomic E-state index is -3.57. The Hall–Kier alpha value is -1.70. The Morgan fingerprint density at radius 1 is 1.33 bits per heavy atom. The highest BCUT2D eigenvalue weighted by molar-refractivity contribution is 7.89. The van der Waals surface area contributed by atoms with Crippen LogP contribution in [0.1, 0.15) is 11.4 Å². The zero-order valence-corrected chi connectivity index (χ0v) is 10.4. The van der Waals surface area contributed by atoms with Gasteiger partial charge in [0.15, 0.2) is 0 Å². The number of hydrogen-bond acceptors (Lipinski definition) is 4. The normalized spacial score (nSPS) is 11.6. The van der Waals surface area contributed by atoms with E-state index in [4.69, 9.17) is 5.73 Å². The molecule has 0 saturated carbocycles. The molecule has 18 heavy (non-hydrogen) atoms. The zero-order valence-electron chi connectivity index (χ0n) is 9.63. The van der Waals surface area contributed by atoms with E-state index in [1.54, 1.807) is 30.6 Å². The Morgan fingerprint density at radius 2 is 2.11 bits per heavy atom. The molecule has 0 aliphatic heterocycles. The third-order valence-electron chi connectivity index (χ3n) is 2.47. The summed E-state index contributed by atoms with van der Waals surface area (Å²) in [5.74, 6) is 0.559. The predicted octanol–water partition coefficient (Wildman–Crippen LogP) is 0.347. The number of nitrogens with two attached hydrogens (primary N) is 1. The van der Waals surface area contributed by atoms with Gasteiger partial charge in [-0.3, -0.25) is 0 Å². The topological polar surface area (TPSA) is 101 Å². The van der Waals surface area contributed by atoms with Gasteiger partial charge in [0.05, 0.1) is 11.4 Å². The number of benzene rings is 1. The van der Waals surface area contributed by atoms with Crippen molar-refractivity contribution in [3.63, 3.8) is 0 Å². The Morgan fingerprint density at radius 3 is 2.78 bits per heavy atom. The van der Waals surface area contributed by atoms with Crippen LogP contribution >= 0.6 is 0 Å². The first-order chi connectivity index (χ1) is 8.63. The first-order valence-corrected chi connectivity index (χ1v) is 6.87. The van der Waals surface area contributed by atoms with Crippen LogP contribution in [0, 0.1) is 0 Å². The number of aromatic nitrogens is 2. The Kier molecular flexibility index (Phi) is 3.75. The van der Waals surface area contributed by atoms with Crippen molar-refractivity contribution in [2.45, 2.75) is 18.0 Å². The van der Waals surface area contributed by atoms with Crippen molar-refractivity contribution in [3.8, 4) is 0 Å². The lowest BCUT2D eigenvalue weighted by Crippen LogP contribution is -2.25. The highest BCUT2D eigenvalue weighted by Crippen LogP contribution is 2.14. The maximum absolute atomic E-state index is 12.1. The molecule has 0 unspecified atom stereocenters. The number of hydrogen-bond donors (Lipinski definition) is 3. The van der Waals surface area contributed by atoms with Crippen LogP contribution < -0.4 is 10.5 Å². The van der Waals surface area contributed by atoms with Crippen molar-refractivity contribution < 1.29 is 8.42 Å². The van der Waals surface area contributed by atoms with Gasteiger partial charge in [-0.25, -0.2) is 18.1 Å². The van der Waals surface area contributed by atoms with E-state index < -0.39 is 10.0 Å². The predicted molar refractivity (Wildman–Crippen MR) is 66.9 cm³/mol. The molecule has 0 aliphatic carbocycles. The van der Waals surface area contributed by atoms with Crippen LogP contribution in [0.25, 0.3) is 0 Å². The van der Waals surface area contributed by atoms with Crippen LogP contribution in [0.15, 0.2) is 41.6 Å². The van der Waals surface area contributed by atoms with Crippen molar-refractivity contribution in [2.24, 2.45) is 5.73 Å². The van der Waals surface area contributed by atoms with Gasteiger partial charge in [-0.2, -0.15) is 0 Å². The van der Waals surface area contributed by atoms with Crippen molar-refractivity contribution in [1.82, 2.24) is 14.7 Å². The monoisotopic (exact) mass is 266 g/mol. The molecule has 2 rings (SSSR count). The summed E-state index contributed by atoms with van der Waals surface area (Å²) in [6, 6.07) is 6.66. The molecule has 0 radical (unpaired) electrons. The van der Waals surface area contributed by atoms with Gasteiger partial charge in [0.1, 0.15) is 5.82 Å². The van der Waals surface area contributed by atoms with Crippen molar-refractivity contribution in [3.05, 3.63) is 48.0 Å². The molecule has 6 nitrogen and oxygen atoms in total. The van der Waals surface area contributed by atoms with E-state index >= 15 is 0 Å². The summed E-state index contributed by atoms with van der Waals surface area (Å²) in [6.45, 7) is 0.298. The maximum atomic E-state index is 12.1. The number of rotatable bonds is 5. The lowest BCUT2D eigenvalue weighted by molar-refractivity contribution is 0.578. The molecule has 0 saturated heterocycles. The fourth-order valence-electron chi connectivity index (χ4n) is 1.57. The minimum absolute atomic E-state index is 0.119. The number of H-pyrrole nitrogens is 1. The quantitative estimate of drug-likeness (QED) is 0.726. The highest BCUT2D eigenvalue weighted by Gasteiger charge is 2.17. The Bertz CT molecular complexity index is 608. The molecule has 0 spiro atoms. The van der Waals surface area contributed by atoms with Gasteiger partial charge in [-0.1, -0.05) is 18.2 Å². The largest absolute Gasteiger partial charge is 0.347 e. The van der Waals surface area contributed by atoms with Gasteiger partial charge in [0.25, 0.3) is 0 Å². The number of aromatic amines is 1. The van der Waals surface area contributed by atoms with Crippen molar-refractivity contribution in [1.29, 1.82) is 0 Å². The zero-order chi connectivity index (χ0) is 13.0. The summed E-state index contributed by atoms with van der Waals surface area (Å²) in [5, 5.41) is 0. The molecule has 0 atom stereocenters. The summed E-state index contributed by atoms with van der Waals surface area (Å²) in [7, 11) is -3.57. The molecule has 96 valence electrons. The van der Waals surface area contributed by atoms with Gasteiger partial charge in [-0.15, -0.1) is 0 Å². The fourth-order valence-corrected chi connectivity index (χ4v) is 2.81. The molecule has 0 fully saturated rings. The molecular weight excluding hydrogens is 252 g/mol. The second-order valence-corrected chi connectivity index (χ2v) is 5.41. The number of sulfonamides is 1. The van der Waals surface area contributed by atoms with E-state index in [0.29, 0.717) is 11.4 Å². The lowest BCUT2D eigenvalue weighted by Gasteiger charge is -2.09. The smallest absolute Gasteiger partial charge is 0.241 e. The van der Waals surface area contributed by atoms with E-state index in [1.807, 2.05) is 0 Å². The summed E-state index contributed by atoms with van der Waals surface area (Å²) in [4.78, 5) is 6.98. The molecule has 4 N–H and O–H groups in total. The minimum Gasteiger partial charge on any atom is -0.347 e. The second-order valence-electron chi connectivity index (χ2n) is 3.67. The molecule has 0 amide bonds. The standard InChI is InChI=1S/C11H14N4O2S/c12-7-9-3-1-2-4-10(9)18(16,17)15-8-11-13-5-6-14-11/h1-6,15H,7-8,12H2,(H,13,14). The molecular formula is C11H14N4O2S. The van der Waals surface area contributed by atoms with Crippen LogP contribution in [0.5, 0.6) is 0 Å². The Labute approximate surface area is 105 Å². The third-order valence-corrected chi connectivity index (χ3v) is 3.97. The van der Waals surface area contributed by atoms with Gasteiger partial charge in [0, 0.05) is 18.9 Å². The second kappa shape index (κ2) is 5.30. The number of imidazole rings is 1. The first kappa shape index (κ1) is 12.7. The average Bonchev–Trinajstić information content (AvgIpc) is 2.89. The average molecular weight is 266 g/mol. The van der Waals surface area contributed by atoms with E-state index in [0.717, 1.165) is 0 Å². The molecule has 0 bridgehead atoms. The maximum Gasteiger partial charge on any atom is 0.241 e. The van der Waals surface area contributed by atoms with Crippen LogP contribution in [0.4, 0.5) is 0 Å². The Balaban J connectivity index is 2.20. The molecule has 2 aromatic rings. The van der Waals surface area contributed by atoms with E-state index in [1.165, 1.54) is 6.07 Å². The summed E-state index contributed by atoms with van der Waals surface area (Å²) < 4.78 is 26.7. The van der Waals surface area contributed by atoms with Crippen LogP contribution in [-0.2, 0) is 23.1 Å². The van der Waals surface area contributed by atoms with Gasteiger partial charge in [-0.05, 0) is 11.6 Å². The van der Waals surface area contributed by atoms with Crippen molar-refractivity contribution in [2.75, 3.05) is 0 Å². The molecule has 7 heteroatoms. The van der Waals surface area contributed by atoms with E-state index in [2.05, 4.69) is 14.7 Å². The lowest BCUT2D eigenvalue weighted by atomic mass is 10.2. The van der Waals surface area contributed by atoms with Gasteiger partial charge >= 0.3 is 0 Å².